The van der Waals surface area contributed by atoms with Crippen LogP contribution >= 0.6 is 0 Å². The second-order valence-corrected chi connectivity index (χ2v) is 3.53. The fourth-order valence-corrected chi connectivity index (χ4v) is 1.69. The molecular weight excluding hydrogens is 190 g/mol. The first-order valence-corrected chi connectivity index (χ1v) is 5.08. The van der Waals surface area contributed by atoms with Crippen molar-refractivity contribution in [2.24, 2.45) is 0 Å². The highest BCUT2D eigenvalue weighted by Gasteiger charge is 2.14. The molecule has 0 aromatic carbocycles. The molecule has 0 atom stereocenters. The maximum absolute atomic E-state index is 8.84. The van der Waals surface area contributed by atoms with Crippen LogP contribution in [0, 0.1) is 11.3 Å². The van der Waals surface area contributed by atoms with E-state index in [4.69, 9.17) is 5.26 Å². The number of piperidine rings is 1. The zero-order chi connectivity index (χ0) is 10.5. The van der Waals surface area contributed by atoms with Crippen molar-refractivity contribution in [1.29, 1.82) is 5.26 Å². The molecule has 5 nitrogen and oxygen atoms in total. The largest absolute Gasteiger partial charge is 0.365 e. The van der Waals surface area contributed by atoms with E-state index >= 15 is 0 Å². The van der Waals surface area contributed by atoms with Crippen molar-refractivity contribution in [2.45, 2.75) is 18.9 Å². The average Bonchev–Trinajstić information content (AvgIpc) is 2.31. The van der Waals surface area contributed by atoms with Crippen LogP contribution in [0.4, 0.5) is 5.82 Å². The number of anilines is 1. The molecule has 78 valence electrons. The number of rotatable bonds is 2. The molecule has 2 rings (SSSR count). The van der Waals surface area contributed by atoms with E-state index in [1.807, 2.05) is 6.07 Å². The Labute approximate surface area is 88.5 Å². The predicted octanol–water partition coefficient (Wildman–Crippen LogP) is 0.512. The Morgan fingerprint density at radius 3 is 2.80 bits per heavy atom. The highest BCUT2D eigenvalue weighted by atomic mass is 15.1. The average molecular weight is 203 g/mol. The Morgan fingerprint density at radius 2 is 2.07 bits per heavy atom. The standard InChI is InChI=1S/C10H13N5/c11-7-9-10(14-6-5-13-9)15-8-1-3-12-4-2-8/h5-6,8,12H,1-4H2,(H,14,15). The van der Waals surface area contributed by atoms with Crippen molar-refractivity contribution in [3.8, 4) is 6.07 Å². The molecule has 1 aliphatic rings. The zero-order valence-corrected chi connectivity index (χ0v) is 8.40. The normalized spacial score (nSPS) is 17.0. The number of hydrogen-bond donors (Lipinski definition) is 2. The number of nitriles is 1. The van der Waals surface area contributed by atoms with E-state index in [0.717, 1.165) is 25.9 Å². The third-order valence-electron chi connectivity index (χ3n) is 2.48. The van der Waals surface area contributed by atoms with Crippen LogP contribution in [0.3, 0.4) is 0 Å². The van der Waals surface area contributed by atoms with E-state index in [0.29, 0.717) is 17.6 Å². The quantitative estimate of drug-likeness (QED) is 0.732. The van der Waals surface area contributed by atoms with Crippen molar-refractivity contribution in [3.63, 3.8) is 0 Å². The molecule has 5 heteroatoms. The number of aromatic nitrogens is 2. The lowest BCUT2D eigenvalue weighted by atomic mass is 10.1. The highest BCUT2D eigenvalue weighted by Crippen LogP contribution is 2.12. The van der Waals surface area contributed by atoms with Gasteiger partial charge in [-0.2, -0.15) is 5.26 Å². The lowest BCUT2D eigenvalue weighted by Crippen LogP contribution is -2.35. The Balaban J connectivity index is 2.06. The Bertz CT molecular complexity index is 364. The summed E-state index contributed by atoms with van der Waals surface area (Å²) in [6, 6.07) is 2.43. The van der Waals surface area contributed by atoms with Gasteiger partial charge in [-0.1, -0.05) is 0 Å². The highest BCUT2D eigenvalue weighted by molar-refractivity contribution is 5.47. The molecule has 0 bridgehead atoms. The molecule has 2 heterocycles. The van der Waals surface area contributed by atoms with E-state index in [2.05, 4.69) is 20.6 Å². The molecule has 0 radical (unpaired) electrons. The van der Waals surface area contributed by atoms with Crippen molar-refractivity contribution in [2.75, 3.05) is 18.4 Å². The number of nitrogens with zero attached hydrogens (tertiary/aromatic N) is 3. The summed E-state index contributed by atoms with van der Waals surface area (Å²) in [4.78, 5) is 8.09. The number of hydrogen-bond acceptors (Lipinski definition) is 5. The Kier molecular flexibility index (Phi) is 3.10. The summed E-state index contributed by atoms with van der Waals surface area (Å²) in [5, 5.41) is 15.4. The van der Waals surface area contributed by atoms with Crippen LogP contribution in [-0.2, 0) is 0 Å². The molecule has 1 fully saturated rings. The molecule has 1 aromatic rings. The fraction of sp³-hybridized carbons (Fsp3) is 0.500. The number of nitrogens with one attached hydrogen (secondary N) is 2. The van der Waals surface area contributed by atoms with E-state index in [9.17, 15) is 0 Å². The van der Waals surface area contributed by atoms with Crippen LogP contribution in [0.15, 0.2) is 12.4 Å². The van der Waals surface area contributed by atoms with Gasteiger partial charge in [0.25, 0.3) is 0 Å². The second kappa shape index (κ2) is 4.71. The topological polar surface area (TPSA) is 73.6 Å². The van der Waals surface area contributed by atoms with Gasteiger partial charge in [0.2, 0.25) is 0 Å². The first kappa shape index (κ1) is 9.87. The van der Waals surface area contributed by atoms with Crippen LogP contribution in [0.5, 0.6) is 0 Å². The van der Waals surface area contributed by atoms with Gasteiger partial charge in [0.15, 0.2) is 11.5 Å². The smallest absolute Gasteiger partial charge is 0.182 e. The van der Waals surface area contributed by atoms with Crippen molar-refractivity contribution in [1.82, 2.24) is 15.3 Å². The van der Waals surface area contributed by atoms with E-state index in [1.165, 1.54) is 6.20 Å². The molecule has 1 aliphatic heterocycles. The summed E-state index contributed by atoms with van der Waals surface area (Å²) in [6.45, 7) is 2.03. The first-order valence-electron chi connectivity index (χ1n) is 5.08. The zero-order valence-electron chi connectivity index (χ0n) is 8.40. The maximum Gasteiger partial charge on any atom is 0.182 e. The maximum atomic E-state index is 8.84. The van der Waals surface area contributed by atoms with Gasteiger partial charge in [-0.05, 0) is 25.9 Å². The summed E-state index contributed by atoms with van der Waals surface area (Å²) >= 11 is 0. The summed E-state index contributed by atoms with van der Waals surface area (Å²) in [5.74, 6) is 0.604. The third kappa shape index (κ3) is 2.42. The van der Waals surface area contributed by atoms with Crippen LogP contribution in [0.2, 0.25) is 0 Å². The summed E-state index contributed by atoms with van der Waals surface area (Å²) in [6.07, 6.45) is 5.25. The summed E-state index contributed by atoms with van der Waals surface area (Å²) < 4.78 is 0. The molecule has 2 N–H and O–H groups in total. The summed E-state index contributed by atoms with van der Waals surface area (Å²) in [7, 11) is 0. The lowest BCUT2D eigenvalue weighted by molar-refractivity contribution is 0.478. The van der Waals surface area contributed by atoms with Crippen LogP contribution in [-0.4, -0.2) is 29.1 Å². The van der Waals surface area contributed by atoms with Gasteiger partial charge in [0, 0.05) is 18.4 Å². The van der Waals surface area contributed by atoms with Crippen LogP contribution in [0.1, 0.15) is 18.5 Å². The van der Waals surface area contributed by atoms with E-state index < -0.39 is 0 Å². The monoisotopic (exact) mass is 203 g/mol. The van der Waals surface area contributed by atoms with Gasteiger partial charge in [-0.25, -0.2) is 9.97 Å². The van der Waals surface area contributed by atoms with Crippen LogP contribution < -0.4 is 10.6 Å². The van der Waals surface area contributed by atoms with Crippen molar-refractivity contribution >= 4 is 5.82 Å². The molecular formula is C10H13N5. The van der Waals surface area contributed by atoms with Gasteiger partial charge in [0.05, 0.1) is 0 Å². The third-order valence-corrected chi connectivity index (χ3v) is 2.48. The van der Waals surface area contributed by atoms with Gasteiger partial charge >= 0.3 is 0 Å². The minimum Gasteiger partial charge on any atom is -0.365 e. The van der Waals surface area contributed by atoms with Gasteiger partial charge in [-0.3, -0.25) is 0 Å². The SMILES string of the molecule is N#Cc1nccnc1NC1CCNCC1. The van der Waals surface area contributed by atoms with Crippen molar-refractivity contribution in [3.05, 3.63) is 18.1 Å². The second-order valence-electron chi connectivity index (χ2n) is 3.53. The van der Waals surface area contributed by atoms with E-state index in [-0.39, 0.29) is 0 Å². The predicted molar refractivity (Wildman–Crippen MR) is 56.3 cm³/mol. The Morgan fingerprint density at radius 1 is 1.33 bits per heavy atom. The molecule has 0 spiro atoms. The molecule has 0 aliphatic carbocycles. The van der Waals surface area contributed by atoms with E-state index in [1.54, 1.807) is 6.20 Å². The minimum absolute atomic E-state index is 0.371. The van der Waals surface area contributed by atoms with Crippen LogP contribution in [0.25, 0.3) is 0 Å². The fourth-order valence-electron chi connectivity index (χ4n) is 1.69. The first-order chi connectivity index (χ1) is 7.40. The minimum atomic E-state index is 0.371. The summed E-state index contributed by atoms with van der Waals surface area (Å²) in [5.41, 5.74) is 0.371. The molecule has 15 heavy (non-hydrogen) atoms. The molecule has 0 saturated carbocycles. The molecule has 0 amide bonds. The molecule has 1 aromatic heterocycles. The van der Waals surface area contributed by atoms with Gasteiger partial charge in [0.1, 0.15) is 6.07 Å². The Hall–Kier alpha value is -1.67. The van der Waals surface area contributed by atoms with Gasteiger partial charge < -0.3 is 10.6 Å². The molecule has 1 saturated heterocycles. The van der Waals surface area contributed by atoms with Gasteiger partial charge in [-0.15, -0.1) is 0 Å². The lowest BCUT2D eigenvalue weighted by Gasteiger charge is -2.24. The van der Waals surface area contributed by atoms with Crippen molar-refractivity contribution < 1.29 is 0 Å². The molecule has 0 unspecified atom stereocenters.